The van der Waals surface area contributed by atoms with Crippen LogP contribution in [0.25, 0.3) is 10.6 Å². The van der Waals surface area contributed by atoms with E-state index in [1.54, 1.807) is 18.4 Å². The minimum atomic E-state index is 0.735. The number of halogens is 1. The van der Waals surface area contributed by atoms with Crippen LogP contribution in [0.2, 0.25) is 5.02 Å². The van der Waals surface area contributed by atoms with Crippen molar-refractivity contribution in [1.82, 2.24) is 4.98 Å². The maximum atomic E-state index is 6.11. The summed E-state index contributed by atoms with van der Waals surface area (Å²) in [5.74, 6) is 0.877. The van der Waals surface area contributed by atoms with E-state index >= 15 is 0 Å². The summed E-state index contributed by atoms with van der Waals surface area (Å²) in [7, 11) is 3.84. The third-order valence-electron chi connectivity index (χ3n) is 3.79. The highest BCUT2D eigenvalue weighted by molar-refractivity contribution is 7.13. The standard InChI is InChI=1S/C19H19ClN2OS/c1-22(11-15-10-16(20)8-9-18(15)23-2)12-17-13-24-19(21-17)14-6-4-3-5-7-14/h3-10,13H,11-12H2,1-2H3/p+1. The lowest BCUT2D eigenvalue weighted by atomic mass is 10.2. The fourth-order valence-electron chi connectivity index (χ4n) is 2.68. The van der Waals surface area contributed by atoms with Crippen LogP contribution in [0, 0.1) is 0 Å². The first-order valence-corrected chi connectivity index (χ1v) is 9.05. The zero-order chi connectivity index (χ0) is 16.9. The summed E-state index contributed by atoms with van der Waals surface area (Å²) in [6.07, 6.45) is 0. The van der Waals surface area contributed by atoms with Crippen LogP contribution >= 0.6 is 22.9 Å². The number of methoxy groups -OCH3 is 1. The first-order valence-electron chi connectivity index (χ1n) is 7.79. The first-order chi connectivity index (χ1) is 11.7. The molecule has 0 aliphatic heterocycles. The molecule has 0 radical (unpaired) electrons. The molecule has 1 aromatic heterocycles. The van der Waals surface area contributed by atoms with Gasteiger partial charge < -0.3 is 9.64 Å². The minimum absolute atomic E-state index is 0.735. The van der Waals surface area contributed by atoms with Gasteiger partial charge in [0.15, 0.2) is 0 Å². The van der Waals surface area contributed by atoms with Crippen LogP contribution in [-0.2, 0) is 13.1 Å². The Kier molecular flexibility index (Phi) is 5.51. The average Bonchev–Trinajstić information content (AvgIpc) is 3.04. The molecule has 0 saturated heterocycles. The molecule has 1 heterocycles. The van der Waals surface area contributed by atoms with Crippen molar-refractivity contribution in [2.75, 3.05) is 14.2 Å². The molecule has 5 heteroatoms. The largest absolute Gasteiger partial charge is 0.496 e. The second-order valence-corrected chi connectivity index (χ2v) is 7.07. The van der Waals surface area contributed by atoms with E-state index in [0.717, 1.165) is 40.1 Å². The molecule has 3 aromatic rings. The third kappa shape index (κ3) is 4.15. The predicted octanol–water partition coefficient (Wildman–Crippen LogP) is 3.69. The molecule has 2 aromatic carbocycles. The molecule has 1 atom stereocenters. The first kappa shape index (κ1) is 17.0. The smallest absolute Gasteiger partial charge is 0.127 e. The van der Waals surface area contributed by atoms with E-state index in [1.807, 2.05) is 36.4 Å². The molecule has 0 aliphatic rings. The molecule has 0 bridgehead atoms. The summed E-state index contributed by atoms with van der Waals surface area (Å²) in [5, 5.41) is 3.94. The molecule has 1 unspecified atom stereocenters. The Morgan fingerprint density at radius 1 is 1.12 bits per heavy atom. The number of nitrogens with one attached hydrogen (secondary N) is 1. The fraction of sp³-hybridized carbons (Fsp3) is 0.211. The van der Waals surface area contributed by atoms with Crippen LogP contribution in [0.1, 0.15) is 11.3 Å². The van der Waals surface area contributed by atoms with Crippen LogP contribution < -0.4 is 9.64 Å². The van der Waals surface area contributed by atoms with Gasteiger partial charge in [-0.05, 0) is 18.2 Å². The van der Waals surface area contributed by atoms with Gasteiger partial charge in [-0.3, -0.25) is 0 Å². The molecule has 3 nitrogen and oxygen atoms in total. The van der Waals surface area contributed by atoms with Gasteiger partial charge in [-0.2, -0.15) is 0 Å². The number of aromatic nitrogens is 1. The molecule has 1 N–H and O–H groups in total. The number of nitrogens with zero attached hydrogens (tertiary/aromatic N) is 1. The molecule has 3 rings (SSSR count). The Morgan fingerprint density at radius 2 is 1.92 bits per heavy atom. The molecule has 24 heavy (non-hydrogen) atoms. The maximum Gasteiger partial charge on any atom is 0.127 e. The molecule has 0 spiro atoms. The topological polar surface area (TPSA) is 26.6 Å². The molecular weight excluding hydrogens is 340 g/mol. The average molecular weight is 360 g/mol. The SMILES string of the molecule is COc1ccc(Cl)cc1C[NH+](C)Cc1csc(-c2ccccc2)n1. The van der Waals surface area contributed by atoms with Crippen molar-refractivity contribution in [3.05, 3.63) is 70.2 Å². The lowest BCUT2D eigenvalue weighted by molar-refractivity contribution is -0.908. The molecule has 0 saturated carbocycles. The van der Waals surface area contributed by atoms with Gasteiger partial charge in [-0.15, -0.1) is 11.3 Å². The van der Waals surface area contributed by atoms with Crippen LogP contribution in [0.3, 0.4) is 0 Å². The summed E-state index contributed by atoms with van der Waals surface area (Å²) >= 11 is 7.80. The zero-order valence-electron chi connectivity index (χ0n) is 13.8. The predicted molar refractivity (Wildman–Crippen MR) is 99.8 cm³/mol. The summed E-state index contributed by atoms with van der Waals surface area (Å²) < 4.78 is 5.43. The lowest BCUT2D eigenvalue weighted by Crippen LogP contribution is -3.06. The van der Waals surface area contributed by atoms with E-state index in [1.165, 1.54) is 10.5 Å². The highest BCUT2D eigenvalue weighted by Gasteiger charge is 2.13. The quantitative estimate of drug-likeness (QED) is 0.726. The van der Waals surface area contributed by atoms with Crippen molar-refractivity contribution in [1.29, 1.82) is 0 Å². The number of ether oxygens (including phenoxy) is 1. The van der Waals surface area contributed by atoms with Gasteiger partial charge in [0, 0.05) is 21.5 Å². The molecule has 0 fully saturated rings. The van der Waals surface area contributed by atoms with Crippen molar-refractivity contribution in [2.24, 2.45) is 0 Å². The number of benzene rings is 2. The van der Waals surface area contributed by atoms with E-state index in [9.17, 15) is 0 Å². The summed E-state index contributed by atoms with van der Waals surface area (Å²) in [6, 6.07) is 16.0. The number of hydrogen-bond acceptors (Lipinski definition) is 3. The van der Waals surface area contributed by atoms with E-state index in [4.69, 9.17) is 21.3 Å². The Bertz CT molecular complexity index is 804. The number of quaternary nitrogens is 1. The maximum absolute atomic E-state index is 6.11. The number of hydrogen-bond donors (Lipinski definition) is 1. The minimum Gasteiger partial charge on any atom is -0.496 e. The van der Waals surface area contributed by atoms with Crippen molar-refractivity contribution < 1.29 is 9.64 Å². The molecule has 124 valence electrons. The van der Waals surface area contributed by atoms with Gasteiger partial charge in [-0.1, -0.05) is 41.9 Å². The van der Waals surface area contributed by atoms with Gasteiger partial charge in [0.25, 0.3) is 0 Å². The van der Waals surface area contributed by atoms with Gasteiger partial charge >= 0.3 is 0 Å². The van der Waals surface area contributed by atoms with Crippen LogP contribution in [0.5, 0.6) is 5.75 Å². The van der Waals surface area contributed by atoms with Gasteiger partial charge in [0.05, 0.1) is 14.2 Å². The van der Waals surface area contributed by atoms with Crippen molar-refractivity contribution >= 4 is 22.9 Å². The van der Waals surface area contributed by atoms with Crippen molar-refractivity contribution in [3.63, 3.8) is 0 Å². The second-order valence-electron chi connectivity index (χ2n) is 5.78. The van der Waals surface area contributed by atoms with Gasteiger partial charge in [-0.25, -0.2) is 4.98 Å². The Hall–Kier alpha value is -1.88. The molecule has 0 aliphatic carbocycles. The molecular formula is C19H20ClN2OS+. The van der Waals surface area contributed by atoms with E-state index < -0.39 is 0 Å². The number of thiazole rings is 1. The lowest BCUT2D eigenvalue weighted by Gasteiger charge is -2.15. The van der Waals surface area contributed by atoms with E-state index in [0.29, 0.717) is 0 Å². The monoisotopic (exact) mass is 359 g/mol. The van der Waals surface area contributed by atoms with Crippen LogP contribution in [0.15, 0.2) is 53.9 Å². The Labute approximate surface area is 151 Å². The summed E-state index contributed by atoms with van der Waals surface area (Å²) in [6.45, 7) is 1.70. The van der Waals surface area contributed by atoms with Crippen molar-refractivity contribution in [3.8, 4) is 16.3 Å². The Balaban J connectivity index is 1.69. The third-order valence-corrected chi connectivity index (χ3v) is 4.97. The fourth-order valence-corrected chi connectivity index (χ4v) is 3.70. The van der Waals surface area contributed by atoms with Gasteiger partial charge in [0.2, 0.25) is 0 Å². The molecule has 0 amide bonds. The van der Waals surface area contributed by atoms with E-state index in [2.05, 4.69) is 24.6 Å². The summed E-state index contributed by atoms with van der Waals surface area (Å²) in [5.41, 5.74) is 3.39. The van der Waals surface area contributed by atoms with Crippen LogP contribution in [0.4, 0.5) is 0 Å². The van der Waals surface area contributed by atoms with Crippen molar-refractivity contribution in [2.45, 2.75) is 13.1 Å². The zero-order valence-corrected chi connectivity index (χ0v) is 15.3. The van der Waals surface area contributed by atoms with E-state index in [-0.39, 0.29) is 0 Å². The summed E-state index contributed by atoms with van der Waals surface area (Å²) in [4.78, 5) is 6.10. The highest BCUT2D eigenvalue weighted by atomic mass is 35.5. The normalized spacial score (nSPS) is 12.1. The number of rotatable bonds is 6. The van der Waals surface area contributed by atoms with Gasteiger partial charge in [0.1, 0.15) is 29.5 Å². The highest BCUT2D eigenvalue weighted by Crippen LogP contribution is 2.23. The van der Waals surface area contributed by atoms with Crippen LogP contribution in [-0.4, -0.2) is 19.1 Å². The second kappa shape index (κ2) is 7.79. The Morgan fingerprint density at radius 3 is 2.67 bits per heavy atom.